The van der Waals surface area contributed by atoms with Gasteiger partial charge in [0.2, 0.25) is 0 Å². The lowest BCUT2D eigenvalue weighted by Gasteiger charge is -2.11. The molecule has 0 aliphatic carbocycles. The van der Waals surface area contributed by atoms with Crippen LogP contribution in [0.25, 0.3) is 0 Å². The number of benzene rings is 1. The highest BCUT2D eigenvalue weighted by Crippen LogP contribution is 2.26. The highest BCUT2D eigenvalue weighted by Gasteiger charge is 2.15. The van der Waals surface area contributed by atoms with Crippen molar-refractivity contribution in [2.24, 2.45) is 0 Å². The lowest BCUT2D eigenvalue weighted by Crippen LogP contribution is -2.06. The summed E-state index contributed by atoms with van der Waals surface area (Å²) >= 11 is 3.35. The summed E-state index contributed by atoms with van der Waals surface area (Å²) in [5.74, 6) is 0.198. The highest BCUT2D eigenvalue weighted by atomic mass is 79.9. The van der Waals surface area contributed by atoms with Gasteiger partial charge in [-0.2, -0.15) is 0 Å². The third kappa shape index (κ3) is 2.50. The Labute approximate surface area is 97.5 Å². The van der Waals surface area contributed by atoms with Crippen molar-refractivity contribution in [3.63, 3.8) is 0 Å². The van der Waals surface area contributed by atoms with Crippen molar-refractivity contribution in [2.45, 2.75) is 12.3 Å². The van der Waals surface area contributed by atoms with Crippen molar-refractivity contribution in [1.29, 1.82) is 0 Å². The van der Waals surface area contributed by atoms with E-state index in [1.807, 2.05) is 13.0 Å². The largest absolute Gasteiger partial charge is 0.496 e. The topological polar surface area (TPSA) is 35.5 Å². The maximum absolute atomic E-state index is 11.5. The summed E-state index contributed by atoms with van der Waals surface area (Å²) in [6.45, 7) is 1.90. The molecule has 0 aliphatic rings. The number of esters is 1. The summed E-state index contributed by atoms with van der Waals surface area (Å²) in [6.07, 6.45) is 0. The van der Waals surface area contributed by atoms with Crippen LogP contribution in [0.5, 0.6) is 5.75 Å². The molecule has 1 aromatic rings. The number of hydrogen-bond acceptors (Lipinski definition) is 3. The summed E-state index contributed by atoms with van der Waals surface area (Å²) in [5, 5.41) is 0.696. The summed E-state index contributed by atoms with van der Waals surface area (Å²) in [4.78, 5) is 11.5. The predicted octanol–water partition coefficient (Wildman–Crippen LogP) is 2.69. The van der Waals surface area contributed by atoms with Gasteiger partial charge in [0.1, 0.15) is 11.3 Å². The molecule has 0 N–H and O–H groups in total. The molecule has 0 amide bonds. The number of alkyl halides is 1. The predicted molar refractivity (Wildman–Crippen MR) is 61.7 cm³/mol. The SMILES string of the molecule is COC(=O)c1cc(CBr)cc(C)c1OC. The third-order valence-electron chi connectivity index (χ3n) is 2.10. The maximum atomic E-state index is 11.5. The third-order valence-corrected chi connectivity index (χ3v) is 2.75. The average molecular weight is 273 g/mol. The minimum atomic E-state index is -0.377. The Morgan fingerprint density at radius 2 is 2.07 bits per heavy atom. The molecule has 3 nitrogen and oxygen atoms in total. The molecule has 0 bridgehead atoms. The molecule has 0 aromatic heterocycles. The summed E-state index contributed by atoms with van der Waals surface area (Å²) in [5.41, 5.74) is 2.41. The molecule has 0 heterocycles. The molecule has 0 spiro atoms. The number of methoxy groups -OCH3 is 2. The second kappa shape index (κ2) is 5.16. The van der Waals surface area contributed by atoms with E-state index < -0.39 is 0 Å². The lowest BCUT2D eigenvalue weighted by atomic mass is 10.1. The summed E-state index contributed by atoms with van der Waals surface area (Å²) in [7, 11) is 2.90. The minimum absolute atomic E-state index is 0.377. The van der Waals surface area contributed by atoms with E-state index in [1.165, 1.54) is 7.11 Å². The van der Waals surface area contributed by atoms with Gasteiger partial charge in [0.25, 0.3) is 0 Å². The first-order chi connectivity index (χ1) is 7.13. The van der Waals surface area contributed by atoms with E-state index in [2.05, 4.69) is 15.9 Å². The van der Waals surface area contributed by atoms with Gasteiger partial charge >= 0.3 is 5.97 Å². The van der Waals surface area contributed by atoms with Crippen LogP contribution in [-0.4, -0.2) is 20.2 Å². The van der Waals surface area contributed by atoms with Crippen LogP contribution in [0.2, 0.25) is 0 Å². The first-order valence-corrected chi connectivity index (χ1v) is 5.58. The van der Waals surface area contributed by atoms with Crippen LogP contribution in [0, 0.1) is 6.92 Å². The molecule has 0 saturated heterocycles. The first-order valence-electron chi connectivity index (χ1n) is 4.45. The van der Waals surface area contributed by atoms with Crippen LogP contribution >= 0.6 is 15.9 Å². The summed E-state index contributed by atoms with van der Waals surface area (Å²) < 4.78 is 9.88. The molecule has 1 aromatic carbocycles. The monoisotopic (exact) mass is 272 g/mol. The Bertz CT molecular complexity index is 374. The number of hydrogen-bond donors (Lipinski definition) is 0. The van der Waals surface area contributed by atoms with Gasteiger partial charge in [0.15, 0.2) is 0 Å². The molecule has 4 heteroatoms. The number of halogens is 1. The zero-order chi connectivity index (χ0) is 11.4. The van der Waals surface area contributed by atoms with E-state index in [4.69, 9.17) is 9.47 Å². The van der Waals surface area contributed by atoms with Crippen LogP contribution in [0.3, 0.4) is 0 Å². The van der Waals surface area contributed by atoms with Crippen molar-refractivity contribution in [3.8, 4) is 5.75 Å². The van der Waals surface area contributed by atoms with Crippen molar-refractivity contribution in [1.82, 2.24) is 0 Å². The number of carbonyl (C=O) groups is 1. The average Bonchev–Trinajstić information content (AvgIpc) is 2.26. The molecule has 1 rings (SSSR count). The van der Waals surface area contributed by atoms with E-state index in [0.29, 0.717) is 16.6 Å². The van der Waals surface area contributed by atoms with Crippen LogP contribution in [0.4, 0.5) is 0 Å². The maximum Gasteiger partial charge on any atom is 0.341 e. The number of rotatable bonds is 3. The molecule has 0 fully saturated rings. The van der Waals surface area contributed by atoms with E-state index in [-0.39, 0.29) is 5.97 Å². The number of carbonyl (C=O) groups excluding carboxylic acids is 1. The fraction of sp³-hybridized carbons (Fsp3) is 0.364. The molecule has 0 aliphatic heterocycles. The standard InChI is InChI=1S/C11H13BrO3/c1-7-4-8(6-12)5-9(10(7)14-2)11(13)15-3/h4-5H,6H2,1-3H3. The van der Waals surface area contributed by atoms with Gasteiger partial charge < -0.3 is 9.47 Å². The van der Waals surface area contributed by atoms with E-state index in [0.717, 1.165) is 11.1 Å². The molecule has 0 saturated carbocycles. The van der Waals surface area contributed by atoms with Gasteiger partial charge in [0, 0.05) is 5.33 Å². The van der Waals surface area contributed by atoms with Gasteiger partial charge in [-0.3, -0.25) is 0 Å². The lowest BCUT2D eigenvalue weighted by molar-refractivity contribution is 0.0597. The number of ether oxygens (including phenoxy) is 2. The Kier molecular flexibility index (Phi) is 4.15. The first kappa shape index (κ1) is 12.0. The number of aryl methyl sites for hydroxylation is 1. The highest BCUT2D eigenvalue weighted by molar-refractivity contribution is 9.08. The normalized spacial score (nSPS) is 9.87. The van der Waals surface area contributed by atoms with Crippen LogP contribution in [-0.2, 0) is 10.1 Å². The van der Waals surface area contributed by atoms with Crippen molar-refractivity contribution in [2.75, 3.05) is 14.2 Å². The van der Waals surface area contributed by atoms with E-state index >= 15 is 0 Å². The zero-order valence-electron chi connectivity index (χ0n) is 8.96. The fourth-order valence-corrected chi connectivity index (χ4v) is 1.78. The van der Waals surface area contributed by atoms with Gasteiger partial charge in [-0.1, -0.05) is 22.0 Å². The van der Waals surface area contributed by atoms with E-state index in [9.17, 15) is 4.79 Å². The van der Waals surface area contributed by atoms with Crippen LogP contribution < -0.4 is 4.74 Å². The van der Waals surface area contributed by atoms with Gasteiger partial charge in [0.05, 0.1) is 14.2 Å². The Balaban J connectivity index is 3.32. The van der Waals surface area contributed by atoms with Gasteiger partial charge in [-0.25, -0.2) is 4.79 Å². The second-order valence-corrected chi connectivity index (χ2v) is 3.68. The second-order valence-electron chi connectivity index (χ2n) is 3.12. The molecular weight excluding hydrogens is 260 g/mol. The molecular formula is C11H13BrO3. The molecule has 0 radical (unpaired) electrons. The fourth-order valence-electron chi connectivity index (χ4n) is 1.46. The Hall–Kier alpha value is -1.03. The molecule has 0 atom stereocenters. The Morgan fingerprint density at radius 3 is 2.53 bits per heavy atom. The Morgan fingerprint density at radius 1 is 1.40 bits per heavy atom. The quantitative estimate of drug-likeness (QED) is 0.627. The van der Waals surface area contributed by atoms with E-state index in [1.54, 1.807) is 13.2 Å². The van der Waals surface area contributed by atoms with Crippen LogP contribution in [0.15, 0.2) is 12.1 Å². The van der Waals surface area contributed by atoms with Crippen molar-refractivity contribution >= 4 is 21.9 Å². The summed E-state index contributed by atoms with van der Waals surface area (Å²) in [6, 6.07) is 3.74. The van der Waals surface area contributed by atoms with Crippen molar-refractivity contribution < 1.29 is 14.3 Å². The van der Waals surface area contributed by atoms with Gasteiger partial charge in [-0.05, 0) is 24.1 Å². The molecule has 0 unspecified atom stereocenters. The molecule has 82 valence electrons. The van der Waals surface area contributed by atoms with Crippen LogP contribution in [0.1, 0.15) is 21.5 Å². The smallest absolute Gasteiger partial charge is 0.341 e. The van der Waals surface area contributed by atoms with Gasteiger partial charge in [-0.15, -0.1) is 0 Å². The minimum Gasteiger partial charge on any atom is -0.496 e. The molecule has 15 heavy (non-hydrogen) atoms. The zero-order valence-corrected chi connectivity index (χ0v) is 10.6. The van der Waals surface area contributed by atoms with Crippen molar-refractivity contribution in [3.05, 3.63) is 28.8 Å².